The van der Waals surface area contributed by atoms with Crippen LogP contribution in [-0.2, 0) is 9.59 Å². The van der Waals surface area contributed by atoms with Crippen LogP contribution in [0.2, 0.25) is 0 Å². The number of anilines is 1. The molecule has 0 aliphatic rings. The number of thiocarbonyl (C=S) groups is 1. The quantitative estimate of drug-likeness (QED) is 0.602. The summed E-state index contributed by atoms with van der Waals surface area (Å²) in [7, 11) is 0. The zero-order chi connectivity index (χ0) is 14.6. The average Bonchev–Trinajstić information content (AvgIpc) is 2.26. The van der Waals surface area contributed by atoms with Crippen LogP contribution in [0.15, 0.2) is 18.2 Å². The van der Waals surface area contributed by atoms with Gasteiger partial charge in [0.2, 0.25) is 11.8 Å². The fourth-order valence-electron chi connectivity index (χ4n) is 1.71. The number of nitrogens with zero attached hydrogens (tertiary/aromatic N) is 1. The van der Waals surface area contributed by atoms with Crippen molar-refractivity contribution < 1.29 is 9.59 Å². The van der Waals surface area contributed by atoms with E-state index in [4.69, 9.17) is 29.4 Å². The van der Waals surface area contributed by atoms with Crippen molar-refractivity contribution in [3.05, 3.63) is 29.3 Å². The van der Waals surface area contributed by atoms with Gasteiger partial charge in [-0.2, -0.15) is 0 Å². The number of amides is 2. The highest BCUT2D eigenvalue weighted by Crippen LogP contribution is 2.22. The van der Waals surface area contributed by atoms with Gasteiger partial charge >= 0.3 is 0 Å². The molecule has 0 aliphatic heterocycles. The van der Waals surface area contributed by atoms with Crippen LogP contribution in [0.4, 0.5) is 5.69 Å². The lowest BCUT2D eigenvalue weighted by Crippen LogP contribution is -2.40. The maximum absolute atomic E-state index is 11.1. The smallest absolute Gasteiger partial charge is 0.236 e. The standard InChI is InChI=1S/C12H16N4O2S/c1-7-2-3-8(12(15)19)9(4-7)16(5-10(13)17)6-11(14)18/h2-4H,5-6H2,1H3,(H2,13,17)(H2,14,18)(H2,15,19). The molecule has 6 nitrogen and oxygen atoms in total. The number of carbonyl (C=O) groups excluding carboxylic acids is 2. The minimum atomic E-state index is -0.573. The number of primary amides is 2. The molecule has 0 radical (unpaired) electrons. The molecule has 0 saturated carbocycles. The van der Waals surface area contributed by atoms with Crippen molar-refractivity contribution in [2.75, 3.05) is 18.0 Å². The van der Waals surface area contributed by atoms with Gasteiger partial charge in [0.15, 0.2) is 0 Å². The fraction of sp³-hybridized carbons (Fsp3) is 0.250. The summed E-state index contributed by atoms with van der Waals surface area (Å²) in [5.41, 5.74) is 18.1. The molecule has 1 aromatic carbocycles. The number of rotatable bonds is 6. The number of nitrogens with two attached hydrogens (primary N) is 3. The second kappa shape index (κ2) is 6.14. The van der Waals surface area contributed by atoms with Crippen LogP contribution in [0.3, 0.4) is 0 Å². The molecule has 1 rings (SSSR count). The molecule has 0 spiro atoms. The summed E-state index contributed by atoms with van der Waals surface area (Å²) in [5, 5.41) is 0. The van der Waals surface area contributed by atoms with Crippen molar-refractivity contribution in [2.24, 2.45) is 17.2 Å². The highest BCUT2D eigenvalue weighted by molar-refractivity contribution is 7.80. The maximum atomic E-state index is 11.1. The van der Waals surface area contributed by atoms with E-state index in [0.29, 0.717) is 11.3 Å². The van der Waals surface area contributed by atoms with Crippen molar-refractivity contribution >= 4 is 34.7 Å². The van der Waals surface area contributed by atoms with Crippen LogP contribution in [0.25, 0.3) is 0 Å². The van der Waals surface area contributed by atoms with E-state index in [1.807, 2.05) is 13.0 Å². The van der Waals surface area contributed by atoms with Gasteiger partial charge in [0.25, 0.3) is 0 Å². The molecular weight excluding hydrogens is 264 g/mol. The van der Waals surface area contributed by atoms with Crippen LogP contribution >= 0.6 is 12.2 Å². The first-order valence-corrected chi connectivity index (χ1v) is 5.94. The summed E-state index contributed by atoms with van der Waals surface area (Å²) in [4.78, 5) is 23.8. The first-order chi connectivity index (χ1) is 8.81. The largest absolute Gasteiger partial charge is 0.389 e. The predicted molar refractivity (Wildman–Crippen MR) is 77.7 cm³/mol. The molecule has 0 aromatic heterocycles. The van der Waals surface area contributed by atoms with E-state index < -0.39 is 11.8 Å². The molecule has 7 heteroatoms. The Balaban J connectivity index is 3.26. The van der Waals surface area contributed by atoms with E-state index in [9.17, 15) is 9.59 Å². The SMILES string of the molecule is Cc1ccc(C(N)=S)c(N(CC(N)=O)CC(N)=O)c1. The molecule has 0 fully saturated rings. The highest BCUT2D eigenvalue weighted by atomic mass is 32.1. The molecule has 1 aromatic rings. The van der Waals surface area contributed by atoms with Gasteiger partial charge in [-0.3, -0.25) is 9.59 Å². The average molecular weight is 280 g/mol. The predicted octanol–water partition coefficient (Wildman–Crippen LogP) is -0.594. The monoisotopic (exact) mass is 280 g/mol. The van der Waals surface area contributed by atoms with Gasteiger partial charge < -0.3 is 22.1 Å². The summed E-state index contributed by atoms with van der Waals surface area (Å²) in [6.07, 6.45) is 0. The van der Waals surface area contributed by atoms with Crippen LogP contribution in [-0.4, -0.2) is 29.9 Å². The molecule has 0 aliphatic carbocycles. The highest BCUT2D eigenvalue weighted by Gasteiger charge is 2.17. The van der Waals surface area contributed by atoms with Crippen molar-refractivity contribution in [3.8, 4) is 0 Å². The Labute approximate surface area is 116 Å². The molecule has 2 amide bonds. The molecule has 0 atom stereocenters. The number of benzene rings is 1. The van der Waals surface area contributed by atoms with Crippen molar-refractivity contribution in [2.45, 2.75) is 6.92 Å². The first kappa shape index (κ1) is 14.9. The molecule has 0 bridgehead atoms. The number of hydrogen-bond donors (Lipinski definition) is 3. The van der Waals surface area contributed by atoms with E-state index in [0.717, 1.165) is 5.56 Å². The Kier molecular flexibility index (Phi) is 4.82. The Morgan fingerprint density at radius 2 is 1.68 bits per heavy atom. The summed E-state index contributed by atoms with van der Waals surface area (Å²) in [6.45, 7) is 1.60. The topological polar surface area (TPSA) is 115 Å². The minimum absolute atomic E-state index is 0.137. The number of aryl methyl sites for hydroxylation is 1. The van der Waals surface area contributed by atoms with E-state index >= 15 is 0 Å². The Bertz CT molecular complexity index is 514. The Morgan fingerprint density at radius 3 is 2.11 bits per heavy atom. The molecule has 0 unspecified atom stereocenters. The molecule has 0 saturated heterocycles. The fourth-order valence-corrected chi connectivity index (χ4v) is 1.89. The zero-order valence-corrected chi connectivity index (χ0v) is 11.4. The third-order valence-corrected chi connectivity index (χ3v) is 2.67. The third kappa shape index (κ3) is 4.22. The minimum Gasteiger partial charge on any atom is -0.389 e. The Morgan fingerprint density at radius 1 is 1.16 bits per heavy atom. The number of hydrogen-bond acceptors (Lipinski definition) is 4. The molecule has 102 valence electrons. The van der Waals surface area contributed by atoms with Crippen LogP contribution < -0.4 is 22.1 Å². The molecule has 6 N–H and O–H groups in total. The van der Waals surface area contributed by atoms with Crippen LogP contribution in [0.1, 0.15) is 11.1 Å². The van der Waals surface area contributed by atoms with Crippen molar-refractivity contribution in [1.82, 2.24) is 0 Å². The third-order valence-electron chi connectivity index (χ3n) is 2.45. The number of carbonyl (C=O) groups is 2. The summed E-state index contributed by atoms with van der Waals surface area (Å²) in [5.74, 6) is -1.15. The van der Waals surface area contributed by atoms with E-state index in [1.54, 1.807) is 12.1 Å². The van der Waals surface area contributed by atoms with Gasteiger partial charge in [0, 0.05) is 11.3 Å². The van der Waals surface area contributed by atoms with Gasteiger partial charge in [-0.25, -0.2) is 0 Å². The molecular formula is C12H16N4O2S. The van der Waals surface area contributed by atoms with Gasteiger partial charge in [-0.1, -0.05) is 18.3 Å². The maximum Gasteiger partial charge on any atom is 0.236 e. The first-order valence-electron chi connectivity index (χ1n) is 5.53. The molecule has 0 heterocycles. The zero-order valence-electron chi connectivity index (χ0n) is 10.6. The van der Waals surface area contributed by atoms with Crippen molar-refractivity contribution in [3.63, 3.8) is 0 Å². The Hall–Kier alpha value is -2.15. The van der Waals surface area contributed by atoms with Crippen LogP contribution in [0, 0.1) is 6.92 Å². The van der Waals surface area contributed by atoms with Gasteiger partial charge in [-0.15, -0.1) is 0 Å². The summed E-state index contributed by atoms with van der Waals surface area (Å²) in [6, 6.07) is 5.35. The van der Waals surface area contributed by atoms with Gasteiger partial charge in [-0.05, 0) is 24.6 Å². The lowest BCUT2D eigenvalue weighted by molar-refractivity contribution is -0.117. The second-order valence-corrected chi connectivity index (χ2v) is 4.61. The van der Waals surface area contributed by atoms with E-state index in [1.165, 1.54) is 4.90 Å². The van der Waals surface area contributed by atoms with Gasteiger partial charge in [0.1, 0.15) is 4.99 Å². The van der Waals surface area contributed by atoms with E-state index in [-0.39, 0.29) is 18.1 Å². The van der Waals surface area contributed by atoms with Gasteiger partial charge in [0.05, 0.1) is 13.1 Å². The summed E-state index contributed by atoms with van der Waals surface area (Å²) < 4.78 is 0. The normalized spacial score (nSPS) is 9.95. The van der Waals surface area contributed by atoms with Crippen molar-refractivity contribution in [1.29, 1.82) is 0 Å². The lowest BCUT2D eigenvalue weighted by Gasteiger charge is -2.24. The van der Waals surface area contributed by atoms with E-state index in [2.05, 4.69) is 0 Å². The lowest BCUT2D eigenvalue weighted by atomic mass is 10.1. The van der Waals surface area contributed by atoms with Crippen LogP contribution in [0.5, 0.6) is 0 Å². The molecule has 19 heavy (non-hydrogen) atoms. The second-order valence-electron chi connectivity index (χ2n) is 4.17. The summed E-state index contributed by atoms with van der Waals surface area (Å²) >= 11 is 4.96.